The quantitative estimate of drug-likeness (QED) is 0.201. The average Bonchev–Trinajstić information content (AvgIpc) is 3.24. The number of carbonyl (C=O) groups excluding carboxylic acids is 1. The number of allylic oxidation sites excluding steroid dienone is 1. The van der Waals surface area contributed by atoms with Crippen molar-refractivity contribution in [2.75, 3.05) is 6.61 Å². The van der Waals surface area contributed by atoms with E-state index in [1.54, 1.807) is 0 Å². The van der Waals surface area contributed by atoms with Crippen LogP contribution in [0.4, 0.5) is 0 Å². The summed E-state index contributed by atoms with van der Waals surface area (Å²) in [6, 6.07) is 3.50. The van der Waals surface area contributed by atoms with Crippen LogP contribution >= 0.6 is 0 Å². The van der Waals surface area contributed by atoms with Gasteiger partial charge in [-0.1, -0.05) is 81.7 Å². The molecule has 0 amide bonds. The second-order valence-electron chi connectivity index (χ2n) is 20.1. The molecule has 0 radical (unpaired) electrons. The maximum Gasteiger partial charge on any atom is 0.192 e. The Morgan fingerprint density at radius 3 is 1.91 bits per heavy atom. The fourth-order valence-corrected chi connectivity index (χ4v) is 15.8. The predicted octanol–water partition coefficient (Wildman–Crippen LogP) is 12.1. The number of rotatable bonds is 11. The first-order valence-electron chi connectivity index (χ1n) is 19.7. The molecule has 7 atom stereocenters. The molecule has 3 fully saturated rings. The van der Waals surface area contributed by atoms with E-state index in [-0.39, 0.29) is 26.5 Å². The van der Waals surface area contributed by atoms with Crippen molar-refractivity contribution in [3.63, 3.8) is 0 Å². The summed E-state index contributed by atoms with van der Waals surface area (Å²) in [7, 11) is -5.74. The van der Waals surface area contributed by atoms with Gasteiger partial charge in [-0.2, -0.15) is 0 Å². The monoisotopic (exact) mass is 705 g/mol. The standard InChI is InChI=1S/C40H76O4Si3/c1-17-47(18-2,19-3)44-40-25-22-31(28-42-45(13,14)36(5,6)7)39(40,12)27-33(29(4)41)35-34(40)21-20-30-26-32(23-24-38(30,35)11)43-46(15,16)37(8,9)10/h30-32,34H,17-28H2,1-16H3/t30-,31+,32+,34-,38+,39+,40-/m1/s1. The smallest absolute Gasteiger partial charge is 0.192 e. The molecule has 0 saturated heterocycles. The van der Waals surface area contributed by atoms with Gasteiger partial charge in [0.1, 0.15) is 0 Å². The van der Waals surface area contributed by atoms with Gasteiger partial charge >= 0.3 is 0 Å². The van der Waals surface area contributed by atoms with E-state index in [1.165, 1.54) is 35.7 Å². The van der Waals surface area contributed by atoms with Crippen LogP contribution in [0.2, 0.25) is 54.4 Å². The summed E-state index contributed by atoms with van der Waals surface area (Å²) in [4.78, 5) is 13.9. The molecule has 0 aliphatic heterocycles. The Morgan fingerprint density at radius 2 is 1.40 bits per heavy atom. The van der Waals surface area contributed by atoms with Gasteiger partial charge in [-0.05, 0) is 136 Å². The Balaban J connectivity index is 1.80. The van der Waals surface area contributed by atoms with Crippen LogP contribution in [-0.2, 0) is 18.1 Å². The highest BCUT2D eigenvalue weighted by Gasteiger charge is 2.69. The number of Topliss-reactive ketones (excluding diaryl/α,β-unsaturated/α-hetero) is 1. The molecule has 4 nitrogen and oxygen atoms in total. The molecule has 47 heavy (non-hydrogen) atoms. The van der Waals surface area contributed by atoms with Gasteiger partial charge in [-0.25, -0.2) is 0 Å². The van der Waals surface area contributed by atoms with Gasteiger partial charge in [-0.3, -0.25) is 4.79 Å². The second kappa shape index (κ2) is 13.2. The van der Waals surface area contributed by atoms with Crippen molar-refractivity contribution in [1.29, 1.82) is 0 Å². The first-order valence-corrected chi connectivity index (χ1v) is 28.0. The molecule has 0 spiro atoms. The van der Waals surface area contributed by atoms with Gasteiger partial charge in [-0.15, -0.1) is 0 Å². The van der Waals surface area contributed by atoms with Crippen LogP contribution in [0, 0.1) is 28.6 Å². The summed E-state index contributed by atoms with van der Waals surface area (Å²) < 4.78 is 22.2. The number of carbonyl (C=O) groups is 1. The number of hydrogen-bond acceptors (Lipinski definition) is 4. The van der Waals surface area contributed by atoms with Crippen molar-refractivity contribution in [2.45, 2.75) is 201 Å². The minimum absolute atomic E-state index is 0.0412. The van der Waals surface area contributed by atoms with Gasteiger partial charge < -0.3 is 13.3 Å². The van der Waals surface area contributed by atoms with E-state index in [4.69, 9.17) is 13.3 Å². The van der Waals surface area contributed by atoms with Crippen LogP contribution < -0.4 is 0 Å². The molecule has 0 aromatic rings. The predicted molar refractivity (Wildman–Crippen MR) is 208 cm³/mol. The lowest BCUT2D eigenvalue weighted by atomic mass is 9.45. The van der Waals surface area contributed by atoms with Crippen LogP contribution in [0.3, 0.4) is 0 Å². The SMILES string of the molecule is CC[Si](CC)(CC)O[C@@]12CC[C@@H](CO[Si](C)(C)C(C)(C)C)[C@]1(C)CC(C(C)=O)=C1[C@H]2CC[C@@H]2C[C@@H](O[Si](C)(C)C(C)(C)C)CC[C@]12C. The van der Waals surface area contributed by atoms with Gasteiger partial charge in [0.05, 0.1) is 5.60 Å². The molecule has 0 aromatic heterocycles. The number of fused-ring (bicyclic) bond motifs is 5. The van der Waals surface area contributed by atoms with Crippen LogP contribution in [0.15, 0.2) is 11.1 Å². The first-order chi connectivity index (χ1) is 21.4. The Kier molecular flexibility index (Phi) is 11.1. The Hall–Kier alpha value is -0.0594. The van der Waals surface area contributed by atoms with E-state index in [2.05, 4.69) is 102 Å². The zero-order valence-corrected chi connectivity index (χ0v) is 36.9. The Morgan fingerprint density at radius 1 is 0.830 bits per heavy atom. The number of hydrogen-bond donors (Lipinski definition) is 0. The van der Waals surface area contributed by atoms with Gasteiger partial charge in [0.15, 0.2) is 30.7 Å². The van der Waals surface area contributed by atoms with Gasteiger partial charge in [0.2, 0.25) is 0 Å². The van der Waals surface area contributed by atoms with E-state index in [1.807, 2.05) is 6.92 Å². The van der Waals surface area contributed by atoms with Gasteiger partial charge in [0.25, 0.3) is 0 Å². The lowest BCUT2D eigenvalue weighted by Gasteiger charge is -2.64. The summed E-state index contributed by atoms with van der Waals surface area (Å²) in [5, 5.41) is 0.397. The van der Waals surface area contributed by atoms with Crippen molar-refractivity contribution in [1.82, 2.24) is 0 Å². The highest BCUT2D eigenvalue weighted by molar-refractivity contribution is 6.74. The molecule has 0 bridgehead atoms. The molecule has 0 heterocycles. The van der Waals surface area contributed by atoms with Crippen molar-refractivity contribution >= 4 is 30.7 Å². The molecule has 4 rings (SSSR count). The topological polar surface area (TPSA) is 44.8 Å². The van der Waals surface area contributed by atoms with Crippen molar-refractivity contribution < 1.29 is 18.1 Å². The lowest BCUT2D eigenvalue weighted by molar-refractivity contribution is -0.132. The highest BCUT2D eigenvalue weighted by Crippen LogP contribution is 2.71. The summed E-state index contributed by atoms with van der Waals surface area (Å²) >= 11 is 0. The minimum Gasteiger partial charge on any atom is -0.417 e. The maximum atomic E-state index is 13.9. The molecule has 272 valence electrons. The van der Waals surface area contributed by atoms with E-state index < -0.39 is 25.0 Å². The van der Waals surface area contributed by atoms with Crippen LogP contribution in [0.5, 0.6) is 0 Å². The summed E-state index contributed by atoms with van der Waals surface area (Å²) in [5.41, 5.74) is 2.43. The molecular formula is C40H76O4Si3. The molecule has 0 unspecified atom stereocenters. The number of ketones is 1. The normalized spacial score (nSPS) is 35.4. The molecular weight excluding hydrogens is 629 g/mol. The zero-order chi connectivity index (χ0) is 35.6. The van der Waals surface area contributed by atoms with Crippen molar-refractivity contribution in [3.05, 3.63) is 11.1 Å². The fraction of sp³-hybridized carbons (Fsp3) is 0.925. The second-order valence-corrected chi connectivity index (χ2v) is 34.4. The Bertz CT molecular complexity index is 1180. The minimum atomic E-state index is -1.97. The van der Waals surface area contributed by atoms with Crippen LogP contribution in [-0.4, -0.2) is 49.0 Å². The third-order valence-electron chi connectivity index (χ3n) is 15.8. The Labute approximate surface area is 294 Å². The van der Waals surface area contributed by atoms with E-state index in [0.717, 1.165) is 51.6 Å². The van der Waals surface area contributed by atoms with E-state index in [0.29, 0.717) is 29.6 Å². The zero-order valence-electron chi connectivity index (χ0n) is 33.9. The maximum absolute atomic E-state index is 13.9. The molecule has 4 aliphatic carbocycles. The summed E-state index contributed by atoms with van der Waals surface area (Å²) in [5.74, 6) is 1.61. The third-order valence-corrected chi connectivity index (χ3v) is 29.5. The largest absolute Gasteiger partial charge is 0.417 e. The van der Waals surface area contributed by atoms with E-state index in [9.17, 15) is 4.79 Å². The average molecular weight is 705 g/mol. The van der Waals surface area contributed by atoms with Gasteiger partial charge in [0, 0.05) is 24.0 Å². The molecule has 7 heteroatoms. The van der Waals surface area contributed by atoms with Crippen LogP contribution in [0.1, 0.15) is 134 Å². The highest BCUT2D eigenvalue weighted by atomic mass is 28.4. The van der Waals surface area contributed by atoms with Crippen molar-refractivity contribution in [2.24, 2.45) is 28.6 Å². The molecule has 3 saturated carbocycles. The summed E-state index contributed by atoms with van der Waals surface area (Å²) in [6.45, 7) is 38.7. The first kappa shape index (κ1) is 39.7. The molecule has 0 aromatic carbocycles. The third kappa shape index (κ3) is 6.71. The van der Waals surface area contributed by atoms with Crippen molar-refractivity contribution in [3.8, 4) is 0 Å². The fourth-order valence-electron chi connectivity index (χ4n) is 10.1. The summed E-state index contributed by atoms with van der Waals surface area (Å²) in [6.07, 6.45) is 9.18. The lowest BCUT2D eigenvalue weighted by Crippen LogP contribution is -2.64. The molecule has 0 N–H and O–H groups in total. The van der Waals surface area contributed by atoms with Crippen LogP contribution in [0.25, 0.3) is 0 Å². The molecule has 4 aliphatic rings. The van der Waals surface area contributed by atoms with E-state index >= 15 is 0 Å².